The molecule has 21 heavy (non-hydrogen) atoms. The van der Waals surface area contributed by atoms with E-state index in [2.05, 4.69) is 60.6 Å². The number of hydrogen-bond acceptors (Lipinski definition) is 3. The average molecular weight is 284 g/mol. The zero-order chi connectivity index (χ0) is 15.1. The van der Waals surface area contributed by atoms with Crippen molar-refractivity contribution in [2.24, 2.45) is 0 Å². The lowest BCUT2D eigenvalue weighted by Gasteiger charge is -2.19. The first-order chi connectivity index (χ1) is 10.2. The standard InChI is InChI=1S/C18H24N2O/c1-15-4-8-17(9-5-15)20(3)12-13-21-18-10-6-16(7-11-18)14-19-2/h4-11,19H,12-14H2,1-3H3. The number of anilines is 1. The summed E-state index contributed by atoms with van der Waals surface area (Å²) in [4.78, 5) is 2.20. The largest absolute Gasteiger partial charge is 0.492 e. The molecule has 0 atom stereocenters. The van der Waals surface area contributed by atoms with Gasteiger partial charge in [0.1, 0.15) is 12.4 Å². The van der Waals surface area contributed by atoms with E-state index in [9.17, 15) is 0 Å². The zero-order valence-corrected chi connectivity index (χ0v) is 13.1. The summed E-state index contributed by atoms with van der Waals surface area (Å²) in [5.74, 6) is 0.923. The van der Waals surface area contributed by atoms with Gasteiger partial charge in [0.15, 0.2) is 0 Å². The third-order valence-corrected chi connectivity index (χ3v) is 3.47. The summed E-state index contributed by atoms with van der Waals surface area (Å²) in [6.07, 6.45) is 0. The monoisotopic (exact) mass is 284 g/mol. The van der Waals surface area contributed by atoms with Gasteiger partial charge in [-0.1, -0.05) is 29.8 Å². The van der Waals surface area contributed by atoms with Gasteiger partial charge in [-0.3, -0.25) is 0 Å². The highest BCUT2D eigenvalue weighted by molar-refractivity contribution is 5.46. The van der Waals surface area contributed by atoms with Crippen molar-refractivity contribution in [3.63, 3.8) is 0 Å². The fraction of sp³-hybridized carbons (Fsp3) is 0.333. The minimum Gasteiger partial charge on any atom is -0.492 e. The molecule has 0 aliphatic carbocycles. The fourth-order valence-electron chi connectivity index (χ4n) is 2.14. The van der Waals surface area contributed by atoms with E-state index in [4.69, 9.17) is 4.74 Å². The number of likely N-dealkylation sites (N-methyl/N-ethyl adjacent to an activating group) is 1. The van der Waals surface area contributed by atoms with Gasteiger partial charge in [-0.05, 0) is 43.8 Å². The molecule has 1 N–H and O–H groups in total. The molecule has 0 aliphatic heterocycles. The van der Waals surface area contributed by atoms with Gasteiger partial charge >= 0.3 is 0 Å². The summed E-state index contributed by atoms with van der Waals surface area (Å²) in [6, 6.07) is 16.8. The van der Waals surface area contributed by atoms with Crippen LogP contribution in [0.5, 0.6) is 5.75 Å². The second-order valence-corrected chi connectivity index (χ2v) is 5.28. The van der Waals surface area contributed by atoms with Gasteiger partial charge in [-0.2, -0.15) is 0 Å². The van der Waals surface area contributed by atoms with Crippen LogP contribution in [0.1, 0.15) is 11.1 Å². The second kappa shape index (κ2) is 7.70. The van der Waals surface area contributed by atoms with E-state index < -0.39 is 0 Å². The molecule has 2 aromatic rings. The van der Waals surface area contributed by atoms with E-state index in [1.54, 1.807) is 0 Å². The van der Waals surface area contributed by atoms with Crippen LogP contribution < -0.4 is 15.0 Å². The van der Waals surface area contributed by atoms with Gasteiger partial charge in [0.2, 0.25) is 0 Å². The third kappa shape index (κ3) is 4.80. The van der Waals surface area contributed by atoms with Crippen molar-refractivity contribution in [3.05, 3.63) is 59.7 Å². The molecule has 0 saturated carbocycles. The molecule has 0 spiro atoms. The van der Waals surface area contributed by atoms with Gasteiger partial charge in [-0.15, -0.1) is 0 Å². The molecule has 0 amide bonds. The number of benzene rings is 2. The highest BCUT2D eigenvalue weighted by atomic mass is 16.5. The van der Waals surface area contributed by atoms with Crippen LogP contribution in [0.15, 0.2) is 48.5 Å². The van der Waals surface area contributed by atoms with Crippen molar-refractivity contribution >= 4 is 5.69 Å². The van der Waals surface area contributed by atoms with Crippen LogP contribution in [0.25, 0.3) is 0 Å². The average Bonchev–Trinajstić information content (AvgIpc) is 2.50. The molecule has 0 heterocycles. The van der Waals surface area contributed by atoms with Gasteiger partial charge in [-0.25, -0.2) is 0 Å². The molecule has 0 aromatic heterocycles. The Hall–Kier alpha value is -2.00. The molecule has 112 valence electrons. The maximum Gasteiger partial charge on any atom is 0.119 e. The number of rotatable bonds is 7. The first-order valence-corrected chi connectivity index (χ1v) is 7.33. The quantitative estimate of drug-likeness (QED) is 0.845. The van der Waals surface area contributed by atoms with Crippen LogP contribution in [0, 0.1) is 6.92 Å². The summed E-state index contributed by atoms with van der Waals surface area (Å²) in [7, 11) is 4.04. The lowest BCUT2D eigenvalue weighted by Crippen LogP contribution is -2.23. The van der Waals surface area contributed by atoms with E-state index >= 15 is 0 Å². The summed E-state index contributed by atoms with van der Waals surface area (Å²) in [5, 5.41) is 3.14. The van der Waals surface area contributed by atoms with Crippen molar-refractivity contribution in [2.75, 3.05) is 32.1 Å². The van der Waals surface area contributed by atoms with E-state index in [0.717, 1.165) is 18.8 Å². The highest BCUT2D eigenvalue weighted by Crippen LogP contribution is 2.14. The van der Waals surface area contributed by atoms with Gasteiger partial charge in [0.25, 0.3) is 0 Å². The Bertz CT molecular complexity index is 534. The predicted molar refractivity (Wildman–Crippen MR) is 89.1 cm³/mol. The molecule has 0 fully saturated rings. The van der Waals surface area contributed by atoms with Crippen molar-refractivity contribution in [1.82, 2.24) is 5.32 Å². The Labute approximate surface area is 127 Å². The maximum absolute atomic E-state index is 5.79. The summed E-state index contributed by atoms with van der Waals surface area (Å²) < 4.78 is 5.79. The molecule has 0 radical (unpaired) electrons. The Morgan fingerprint density at radius 2 is 1.67 bits per heavy atom. The lowest BCUT2D eigenvalue weighted by molar-refractivity contribution is 0.326. The smallest absolute Gasteiger partial charge is 0.119 e. The molecular formula is C18H24N2O. The Morgan fingerprint density at radius 1 is 1.00 bits per heavy atom. The van der Waals surface area contributed by atoms with E-state index in [0.29, 0.717) is 6.61 Å². The Balaban J connectivity index is 1.79. The molecule has 0 bridgehead atoms. The third-order valence-electron chi connectivity index (χ3n) is 3.47. The van der Waals surface area contributed by atoms with Crippen LogP contribution in [0.2, 0.25) is 0 Å². The molecule has 3 heteroatoms. The molecule has 2 rings (SSSR count). The van der Waals surface area contributed by atoms with Crippen molar-refractivity contribution in [3.8, 4) is 5.75 Å². The van der Waals surface area contributed by atoms with Crippen molar-refractivity contribution < 1.29 is 4.74 Å². The minimum absolute atomic E-state index is 0.676. The second-order valence-electron chi connectivity index (χ2n) is 5.28. The number of aryl methyl sites for hydroxylation is 1. The normalized spacial score (nSPS) is 10.4. The van der Waals surface area contributed by atoms with Crippen LogP contribution >= 0.6 is 0 Å². The molecular weight excluding hydrogens is 260 g/mol. The minimum atomic E-state index is 0.676. The maximum atomic E-state index is 5.79. The van der Waals surface area contributed by atoms with Crippen molar-refractivity contribution in [1.29, 1.82) is 0 Å². The first-order valence-electron chi connectivity index (χ1n) is 7.33. The van der Waals surface area contributed by atoms with Crippen molar-refractivity contribution in [2.45, 2.75) is 13.5 Å². The zero-order valence-electron chi connectivity index (χ0n) is 13.1. The molecule has 0 saturated heterocycles. The lowest BCUT2D eigenvalue weighted by atomic mass is 10.2. The van der Waals surface area contributed by atoms with Crippen LogP contribution in [0.4, 0.5) is 5.69 Å². The van der Waals surface area contributed by atoms with E-state index in [1.165, 1.54) is 16.8 Å². The van der Waals surface area contributed by atoms with Gasteiger partial charge in [0, 0.05) is 19.3 Å². The topological polar surface area (TPSA) is 24.5 Å². The van der Waals surface area contributed by atoms with Crippen LogP contribution in [-0.4, -0.2) is 27.2 Å². The Morgan fingerprint density at radius 3 is 2.29 bits per heavy atom. The number of hydrogen-bond donors (Lipinski definition) is 1. The predicted octanol–water partition coefficient (Wildman–Crippen LogP) is 3.23. The van der Waals surface area contributed by atoms with E-state index in [1.807, 2.05) is 19.2 Å². The molecule has 0 aliphatic rings. The van der Waals surface area contributed by atoms with E-state index in [-0.39, 0.29) is 0 Å². The highest BCUT2D eigenvalue weighted by Gasteiger charge is 2.01. The van der Waals surface area contributed by atoms with Gasteiger partial charge in [0.05, 0.1) is 6.54 Å². The number of ether oxygens (including phenoxy) is 1. The summed E-state index contributed by atoms with van der Waals surface area (Å²) in [5.41, 5.74) is 3.76. The SMILES string of the molecule is CNCc1ccc(OCCN(C)c2ccc(C)cc2)cc1. The molecule has 3 nitrogen and oxygen atoms in total. The van der Waals surface area contributed by atoms with Crippen LogP contribution in [-0.2, 0) is 6.54 Å². The summed E-state index contributed by atoms with van der Waals surface area (Å²) >= 11 is 0. The Kier molecular flexibility index (Phi) is 5.64. The molecule has 2 aromatic carbocycles. The first kappa shape index (κ1) is 15.4. The summed E-state index contributed by atoms with van der Waals surface area (Å²) in [6.45, 7) is 4.53. The molecule has 0 unspecified atom stereocenters. The number of nitrogens with one attached hydrogen (secondary N) is 1. The van der Waals surface area contributed by atoms with Crippen LogP contribution in [0.3, 0.4) is 0 Å². The van der Waals surface area contributed by atoms with Gasteiger partial charge < -0.3 is 15.0 Å². The number of nitrogens with zero attached hydrogens (tertiary/aromatic N) is 1. The fourth-order valence-corrected chi connectivity index (χ4v) is 2.14.